The predicted molar refractivity (Wildman–Crippen MR) is 168 cm³/mol. The van der Waals surface area contributed by atoms with E-state index in [1.807, 2.05) is 54.3 Å². The molecule has 0 aliphatic carbocycles. The smallest absolute Gasteiger partial charge is 0.257 e. The molecule has 0 radical (unpaired) electrons. The van der Waals surface area contributed by atoms with Crippen molar-refractivity contribution in [1.29, 1.82) is 0 Å². The molecule has 0 bridgehead atoms. The van der Waals surface area contributed by atoms with Crippen molar-refractivity contribution in [3.63, 3.8) is 0 Å². The van der Waals surface area contributed by atoms with Gasteiger partial charge >= 0.3 is 0 Å². The van der Waals surface area contributed by atoms with E-state index in [2.05, 4.69) is 15.5 Å². The number of aromatic nitrogens is 2. The Morgan fingerprint density at radius 1 is 0.837 bits per heavy atom. The number of amides is 1. The summed E-state index contributed by atoms with van der Waals surface area (Å²) in [4.78, 5) is 15.6. The molecule has 43 heavy (non-hydrogen) atoms. The highest BCUT2D eigenvalue weighted by Crippen LogP contribution is 2.35. The Morgan fingerprint density at radius 2 is 1.53 bits per heavy atom. The molecule has 2 saturated heterocycles. The Kier molecular flexibility index (Phi) is 8.32. The van der Waals surface area contributed by atoms with Crippen molar-refractivity contribution >= 4 is 38.2 Å². The Balaban J connectivity index is 1.35. The fourth-order valence-electron chi connectivity index (χ4n) is 6.04. The van der Waals surface area contributed by atoms with Gasteiger partial charge in [0.1, 0.15) is 11.4 Å². The van der Waals surface area contributed by atoms with E-state index in [-0.39, 0.29) is 5.91 Å². The third-order valence-electron chi connectivity index (χ3n) is 8.42. The van der Waals surface area contributed by atoms with Crippen molar-refractivity contribution in [2.45, 2.75) is 50.3 Å². The molecule has 3 heterocycles. The maximum absolute atomic E-state index is 13.6. The van der Waals surface area contributed by atoms with Crippen LogP contribution in [0.3, 0.4) is 0 Å². The molecule has 9 nitrogen and oxygen atoms in total. The largest absolute Gasteiger partial charge is 0.496 e. The summed E-state index contributed by atoms with van der Waals surface area (Å²) >= 11 is 0. The van der Waals surface area contributed by atoms with E-state index in [1.165, 1.54) is 0 Å². The number of fused-ring (bicyclic) bond motifs is 1. The van der Waals surface area contributed by atoms with E-state index in [1.54, 1.807) is 29.6 Å². The number of nitrogens with zero attached hydrogens (tertiary/aromatic N) is 4. The number of likely N-dealkylation sites (tertiary alicyclic amines) is 1. The molecule has 2 aliphatic rings. The van der Waals surface area contributed by atoms with Crippen LogP contribution in [-0.4, -0.2) is 67.0 Å². The predicted octanol–water partition coefficient (Wildman–Crippen LogP) is 6.16. The lowest BCUT2D eigenvalue weighted by molar-refractivity contribution is 0.0721. The number of carbonyl (C=O) groups excluding carboxylic acids is 1. The molecule has 6 rings (SSSR count). The Labute approximate surface area is 252 Å². The van der Waals surface area contributed by atoms with Crippen LogP contribution in [0.2, 0.25) is 0 Å². The molecule has 0 atom stereocenters. The lowest BCUT2D eigenvalue weighted by atomic mass is 10.0. The second kappa shape index (κ2) is 12.3. The fraction of sp³-hybridized carbons (Fsp3) is 0.364. The first-order chi connectivity index (χ1) is 20.9. The standard InChI is InChI=1S/C33H37N5O4S/c1-23-13-14-24(21-30(23)43(40,41)38-19-9-4-10-20-38)31-26-11-5-6-12-27(26)32(36-35-31)34-25-15-16-29(42-2)28(22-25)33(39)37-17-7-3-8-18-37/h5-6,11-16,21-22H,3-4,7-10,17-20H2,1-2H3,(H,34,36). The molecule has 2 aliphatic heterocycles. The number of benzene rings is 3. The Morgan fingerprint density at radius 3 is 2.26 bits per heavy atom. The highest BCUT2D eigenvalue weighted by atomic mass is 32.2. The summed E-state index contributed by atoms with van der Waals surface area (Å²) in [5.41, 5.74) is 3.20. The number of piperidine rings is 2. The van der Waals surface area contributed by atoms with E-state index in [0.29, 0.717) is 57.6 Å². The van der Waals surface area contributed by atoms with Crippen molar-refractivity contribution in [2.24, 2.45) is 0 Å². The number of hydrogen-bond acceptors (Lipinski definition) is 7. The number of methoxy groups -OCH3 is 1. The summed E-state index contributed by atoms with van der Waals surface area (Å²) in [5.74, 6) is 1.03. The molecule has 1 amide bonds. The first kappa shape index (κ1) is 29.1. The molecule has 10 heteroatoms. The Bertz CT molecular complexity index is 1760. The minimum Gasteiger partial charge on any atom is -0.496 e. The normalized spacial score (nSPS) is 16.3. The van der Waals surface area contributed by atoms with Crippen LogP contribution >= 0.6 is 0 Å². The molecule has 4 aromatic rings. The van der Waals surface area contributed by atoms with E-state index >= 15 is 0 Å². The monoisotopic (exact) mass is 599 g/mol. The molecule has 2 fully saturated rings. The molecule has 0 saturated carbocycles. The lowest BCUT2D eigenvalue weighted by Gasteiger charge is -2.27. The SMILES string of the molecule is COc1ccc(Nc2nnc(-c3ccc(C)c(S(=O)(=O)N4CCCCC4)c3)c3ccccc23)cc1C(=O)N1CCCCC1. The number of rotatable bonds is 7. The first-order valence-corrected chi connectivity index (χ1v) is 16.4. The molecule has 0 spiro atoms. The second-order valence-corrected chi connectivity index (χ2v) is 13.2. The number of hydrogen-bond donors (Lipinski definition) is 1. The number of anilines is 2. The van der Waals surface area contributed by atoms with Gasteiger partial charge in [-0.25, -0.2) is 8.42 Å². The fourth-order valence-corrected chi connectivity index (χ4v) is 7.80. The van der Waals surface area contributed by atoms with Crippen LogP contribution in [0, 0.1) is 6.92 Å². The number of sulfonamides is 1. The van der Waals surface area contributed by atoms with Crippen LogP contribution in [-0.2, 0) is 10.0 Å². The van der Waals surface area contributed by atoms with E-state index in [0.717, 1.165) is 62.4 Å². The zero-order valence-electron chi connectivity index (χ0n) is 24.7. The summed E-state index contributed by atoms with van der Waals surface area (Å²) in [7, 11) is -2.05. The van der Waals surface area contributed by atoms with Gasteiger partial charge in [0, 0.05) is 48.2 Å². The topological polar surface area (TPSA) is 105 Å². The average molecular weight is 600 g/mol. The van der Waals surface area contributed by atoms with Crippen LogP contribution in [0.1, 0.15) is 54.4 Å². The summed E-state index contributed by atoms with van der Waals surface area (Å²) < 4.78 is 34.3. The summed E-state index contributed by atoms with van der Waals surface area (Å²) in [6, 6.07) is 18.7. The third kappa shape index (κ3) is 5.81. The van der Waals surface area contributed by atoms with Gasteiger partial charge in [-0.05, 0) is 68.9 Å². The minimum atomic E-state index is -3.62. The quantitative estimate of drug-likeness (QED) is 0.271. The van der Waals surface area contributed by atoms with Crippen molar-refractivity contribution < 1.29 is 17.9 Å². The lowest BCUT2D eigenvalue weighted by Crippen LogP contribution is -2.35. The zero-order chi connectivity index (χ0) is 30.0. The van der Waals surface area contributed by atoms with Crippen molar-refractivity contribution in [3.8, 4) is 17.0 Å². The van der Waals surface area contributed by atoms with Crippen LogP contribution in [0.25, 0.3) is 22.0 Å². The van der Waals surface area contributed by atoms with Crippen LogP contribution in [0.15, 0.2) is 65.6 Å². The number of carbonyl (C=O) groups is 1. The van der Waals surface area contributed by atoms with Gasteiger partial charge in [0.2, 0.25) is 10.0 Å². The average Bonchev–Trinajstić information content (AvgIpc) is 3.05. The van der Waals surface area contributed by atoms with Crippen LogP contribution in [0.4, 0.5) is 11.5 Å². The van der Waals surface area contributed by atoms with Gasteiger partial charge in [-0.2, -0.15) is 4.31 Å². The molecule has 1 aromatic heterocycles. The summed E-state index contributed by atoms with van der Waals surface area (Å²) in [6.45, 7) is 4.42. The highest BCUT2D eigenvalue weighted by Gasteiger charge is 2.28. The third-order valence-corrected chi connectivity index (χ3v) is 10.5. The minimum absolute atomic E-state index is 0.0406. The molecular weight excluding hydrogens is 562 g/mol. The first-order valence-electron chi connectivity index (χ1n) is 15.0. The molecule has 224 valence electrons. The van der Waals surface area contributed by atoms with Crippen molar-refractivity contribution in [1.82, 2.24) is 19.4 Å². The zero-order valence-corrected chi connectivity index (χ0v) is 25.5. The molecule has 1 N–H and O–H groups in total. The molecular formula is C33H37N5O4S. The number of nitrogens with one attached hydrogen (secondary N) is 1. The van der Waals surface area contributed by atoms with Crippen molar-refractivity contribution in [2.75, 3.05) is 38.6 Å². The molecule has 3 aromatic carbocycles. The Hall–Kier alpha value is -4.02. The summed E-state index contributed by atoms with van der Waals surface area (Å²) in [5, 5.41) is 14.1. The van der Waals surface area contributed by atoms with Gasteiger partial charge < -0.3 is 15.0 Å². The maximum atomic E-state index is 13.6. The maximum Gasteiger partial charge on any atom is 0.257 e. The van der Waals surface area contributed by atoms with Gasteiger partial charge in [0.25, 0.3) is 5.91 Å². The van der Waals surface area contributed by atoms with E-state index in [9.17, 15) is 13.2 Å². The second-order valence-electron chi connectivity index (χ2n) is 11.3. The van der Waals surface area contributed by atoms with Gasteiger partial charge in [-0.3, -0.25) is 4.79 Å². The number of ether oxygens (including phenoxy) is 1. The van der Waals surface area contributed by atoms with Gasteiger partial charge in [-0.1, -0.05) is 42.8 Å². The van der Waals surface area contributed by atoms with Gasteiger partial charge in [0.15, 0.2) is 5.82 Å². The van der Waals surface area contributed by atoms with E-state index in [4.69, 9.17) is 4.74 Å². The summed E-state index contributed by atoms with van der Waals surface area (Å²) in [6.07, 6.45) is 5.97. The van der Waals surface area contributed by atoms with Crippen LogP contribution < -0.4 is 10.1 Å². The van der Waals surface area contributed by atoms with Crippen LogP contribution in [0.5, 0.6) is 5.75 Å². The van der Waals surface area contributed by atoms with Gasteiger partial charge in [-0.15, -0.1) is 10.2 Å². The van der Waals surface area contributed by atoms with Crippen molar-refractivity contribution in [3.05, 3.63) is 71.8 Å². The number of aryl methyl sites for hydroxylation is 1. The molecule has 0 unspecified atom stereocenters. The van der Waals surface area contributed by atoms with E-state index < -0.39 is 10.0 Å². The highest BCUT2D eigenvalue weighted by molar-refractivity contribution is 7.89. The van der Waals surface area contributed by atoms with Gasteiger partial charge in [0.05, 0.1) is 17.6 Å².